The maximum atomic E-state index is 12.7. The normalized spacial score (nSPS) is 15.8. The summed E-state index contributed by atoms with van der Waals surface area (Å²) in [6.45, 7) is 5.80. The fourth-order valence-electron chi connectivity index (χ4n) is 2.09. The second-order valence-electron chi connectivity index (χ2n) is 5.35. The van der Waals surface area contributed by atoms with Crippen LogP contribution in [0.15, 0.2) is 10.3 Å². The molecule has 0 amide bonds. The molecule has 0 radical (unpaired) electrons. The van der Waals surface area contributed by atoms with E-state index in [0.717, 1.165) is 10.4 Å². The highest BCUT2D eigenvalue weighted by atomic mass is 32.2. The Balaban J connectivity index is 2.11. The van der Waals surface area contributed by atoms with Gasteiger partial charge in [0, 0.05) is 37.7 Å². The summed E-state index contributed by atoms with van der Waals surface area (Å²) in [5, 5.41) is 5.32. The van der Waals surface area contributed by atoms with E-state index in [1.165, 1.54) is 28.5 Å². The number of sulfonamides is 1. The summed E-state index contributed by atoms with van der Waals surface area (Å²) in [5.41, 5.74) is 0.829. The zero-order valence-corrected chi connectivity index (χ0v) is 14.5. The van der Waals surface area contributed by atoms with Gasteiger partial charge in [0.25, 0.3) is 0 Å². The first-order chi connectivity index (χ1) is 9.96. The fraction of sp³-hybridized carbons (Fsp3) is 0.714. The molecule has 1 saturated carbocycles. The first kappa shape index (κ1) is 16.9. The highest BCUT2D eigenvalue weighted by molar-refractivity contribution is 7.89. The molecule has 0 unspecified atom stereocenters. The van der Waals surface area contributed by atoms with Gasteiger partial charge in [-0.15, -0.1) is 11.3 Å². The number of ether oxygens (including phenoxy) is 1. The van der Waals surface area contributed by atoms with Crippen LogP contribution in [-0.2, 0) is 21.3 Å². The van der Waals surface area contributed by atoms with Gasteiger partial charge in [0.05, 0.1) is 6.61 Å². The maximum absolute atomic E-state index is 12.7. The predicted molar refractivity (Wildman–Crippen MR) is 85.2 cm³/mol. The van der Waals surface area contributed by atoms with E-state index in [2.05, 4.69) is 5.32 Å². The minimum Gasteiger partial charge on any atom is -0.380 e. The van der Waals surface area contributed by atoms with Crippen LogP contribution in [0, 0.1) is 6.92 Å². The number of hydrogen-bond donors (Lipinski definition) is 1. The van der Waals surface area contributed by atoms with E-state index in [9.17, 15) is 8.42 Å². The Morgan fingerprint density at radius 1 is 1.48 bits per heavy atom. The zero-order valence-electron chi connectivity index (χ0n) is 12.9. The summed E-state index contributed by atoms with van der Waals surface area (Å²) in [6, 6.07) is 0.568. The van der Waals surface area contributed by atoms with Crippen molar-refractivity contribution in [3.63, 3.8) is 0 Å². The van der Waals surface area contributed by atoms with Gasteiger partial charge in [-0.05, 0) is 37.6 Å². The molecule has 21 heavy (non-hydrogen) atoms. The molecule has 1 aromatic heterocycles. The summed E-state index contributed by atoms with van der Waals surface area (Å²) < 4.78 is 32.1. The van der Waals surface area contributed by atoms with Crippen molar-refractivity contribution in [2.45, 2.75) is 44.2 Å². The summed E-state index contributed by atoms with van der Waals surface area (Å²) in [7, 11) is -1.83. The molecule has 120 valence electrons. The van der Waals surface area contributed by atoms with Crippen molar-refractivity contribution in [3.05, 3.63) is 15.8 Å². The van der Waals surface area contributed by atoms with Gasteiger partial charge < -0.3 is 10.1 Å². The molecule has 0 bridgehead atoms. The summed E-state index contributed by atoms with van der Waals surface area (Å²) >= 11 is 1.52. The summed E-state index contributed by atoms with van der Waals surface area (Å²) in [5.74, 6) is 0. The molecular weight excluding hydrogens is 308 g/mol. The van der Waals surface area contributed by atoms with Gasteiger partial charge in [-0.25, -0.2) is 8.42 Å². The number of thiophene rings is 1. The van der Waals surface area contributed by atoms with Crippen molar-refractivity contribution in [1.82, 2.24) is 9.62 Å². The van der Waals surface area contributed by atoms with Gasteiger partial charge in [-0.3, -0.25) is 0 Å². The van der Waals surface area contributed by atoms with Gasteiger partial charge in [0.15, 0.2) is 0 Å². The number of hydrogen-bond acceptors (Lipinski definition) is 5. The molecule has 1 N–H and O–H groups in total. The molecule has 1 aliphatic rings. The molecule has 0 atom stereocenters. The van der Waals surface area contributed by atoms with Gasteiger partial charge in [0.1, 0.15) is 4.90 Å². The zero-order chi connectivity index (χ0) is 15.5. The summed E-state index contributed by atoms with van der Waals surface area (Å²) in [4.78, 5) is 1.38. The molecule has 1 heterocycles. The van der Waals surface area contributed by atoms with E-state index in [1.807, 2.05) is 19.2 Å². The Morgan fingerprint density at radius 3 is 2.81 bits per heavy atom. The predicted octanol–water partition coefficient (Wildman–Crippen LogP) is 1.97. The molecular formula is C14H24N2O3S2. The second-order valence-corrected chi connectivity index (χ2v) is 8.30. The van der Waals surface area contributed by atoms with Crippen molar-refractivity contribution in [2.24, 2.45) is 0 Å². The summed E-state index contributed by atoms with van der Waals surface area (Å²) in [6.07, 6.45) is 2.39. The van der Waals surface area contributed by atoms with Crippen LogP contribution in [0.25, 0.3) is 0 Å². The van der Waals surface area contributed by atoms with Crippen LogP contribution in [0.5, 0.6) is 0 Å². The lowest BCUT2D eigenvalue weighted by molar-refractivity contribution is 0.138. The van der Waals surface area contributed by atoms with Crippen LogP contribution >= 0.6 is 11.3 Å². The number of nitrogens with one attached hydrogen (secondary N) is 1. The monoisotopic (exact) mass is 332 g/mol. The maximum Gasteiger partial charge on any atom is 0.244 e. The minimum absolute atomic E-state index is 0.376. The van der Waals surface area contributed by atoms with Crippen LogP contribution in [-0.4, -0.2) is 45.6 Å². The minimum atomic E-state index is -3.44. The number of aryl methyl sites for hydroxylation is 1. The Hall–Kier alpha value is -0.470. The average Bonchev–Trinajstić information content (AvgIpc) is 3.19. The van der Waals surface area contributed by atoms with Gasteiger partial charge >= 0.3 is 0 Å². The molecule has 0 aliphatic heterocycles. The lowest BCUT2D eigenvalue weighted by atomic mass is 10.3. The smallest absolute Gasteiger partial charge is 0.244 e. The topological polar surface area (TPSA) is 58.6 Å². The molecule has 0 saturated heterocycles. The van der Waals surface area contributed by atoms with Crippen molar-refractivity contribution >= 4 is 21.4 Å². The standard InChI is InChI=1S/C14H24N2O3S2/c1-4-19-8-7-16(3)21(17,18)14-11(2)10-20-13(14)9-15-12-5-6-12/h10,12,15H,4-9H2,1-3H3. The Morgan fingerprint density at radius 2 is 2.19 bits per heavy atom. The van der Waals surface area contributed by atoms with E-state index in [0.29, 0.717) is 37.2 Å². The number of likely N-dealkylation sites (N-methyl/N-ethyl adjacent to an activating group) is 1. The average molecular weight is 332 g/mol. The highest BCUT2D eigenvalue weighted by Crippen LogP contribution is 2.30. The van der Waals surface area contributed by atoms with E-state index < -0.39 is 10.0 Å². The lowest BCUT2D eigenvalue weighted by Gasteiger charge is -2.18. The quantitative estimate of drug-likeness (QED) is 0.703. The third-order valence-electron chi connectivity index (χ3n) is 3.54. The highest BCUT2D eigenvalue weighted by Gasteiger charge is 2.28. The SMILES string of the molecule is CCOCCN(C)S(=O)(=O)c1c(C)csc1CNC1CC1. The fourth-order valence-corrected chi connectivity index (χ4v) is 4.95. The Bertz CT molecular complexity index is 565. The molecule has 1 aromatic rings. The van der Waals surface area contributed by atoms with E-state index in [-0.39, 0.29) is 0 Å². The first-order valence-corrected chi connectivity index (χ1v) is 9.63. The van der Waals surface area contributed by atoms with Crippen LogP contribution < -0.4 is 5.32 Å². The number of rotatable bonds is 9. The molecule has 1 aliphatic carbocycles. The second kappa shape index (κ2) is 7.19. The van der Waals surface area contributed by atoms with Crippen molar-refractivity contribution in [3.8, 4) is 0 Å². The molecule has 7 heteroatoms. The third-order valence-corrected chi connectivity index (χ3v) is 6.86. The van der Waals surface area contributed by atoms with Crippen LogP contribution in [0.2, 0.25) is 0 Å². The van der Waals surface area contributed by atoms with E-state index in [4.69, 9.17) is 4.74 Å². The number of nitrogens with zero attached hydrogens (tertiary/aromatic N) is 1. The lowest BCUT2D eigenvalue weighted by Crippen LogP contribution is -2.31. The van der Waals surface area contributed by atoms with Crippen LogP contribution in [0.1, 0.15) is 30.2 Å². The van der Waals surface area contributed by atoms with E-state index in [1.54, 1.807) is 7.05 Å². The first-order valence-electron chi connectivity index (χ1n) is 7.31. The van der Waals surface area contributed by atoms with Crippen LogP contribution in [0.4, 0.5) is 0 Å². The Labute approximate surface area is 131 Å². The van der Waals surface area contributed by atoms with Crippen molar-refractivity contribution in [1.29, 1.82) is 0 Å². The molecule has 0 spiro atoms. The molecule has 5 nitrogen and oxygen atoms in total. The van der Waals surface area contributed by atoms with E-state index >= 15 is 0 Å². The van der Waals surface area contributed by atoms with Crippen molar-refractivity contribution < 1.29 is 13.2 Å². The largest absolute Gasteiger partial charge is 0.380 e. The molecule has 2 rings (SSSR count). The molecule has 0 aromatic carbocycles. The third kappa shape index (κ3) is 4.26. The van der Waals surface area contributed by atoms with Gasteiger partial charge in [-0.1, -0.05) is 0 Å². The van der Waals surface area contributed by atoms with Crippen LogP contribution in [0.3, 0.4) is 0 Å². The molecule has 1 fully saturated rings. The van der Waals surface area contributed by atoms with Gasteiger partial charge in [-0.2, -0.15) is 4.31 Å². The van der Waals surface area contributed by atoms with Crippen molar-refractivity contribution in [2.75, 3.05) is 26.8 Å². The Kier molecular flexibility index (Phi) is 5.79. The van der Waals surface area contributed by atoms with Gasteiger partial charge in [0.2, 0.25) is 10.0 Å².